The van der Waals surface area contributed by atoms with Crippen LogP contribution in [0, 0.1) is 13.8 Å². The summed E-state index contributed by atoms with van der Waals surface area (Å²) in [6.07, 6.45) is 0.664. The van der Waals surface area contributed by atoms with Gasteiger partial charge < -0.3 is 10.4 Å². The van der Waals surface area contributed by atoms with Crippen LogP contribution in [0.25, 0.3) is 5.32 Å². The molecule has 4 heteroatoms. The minimum atomic E-state index is -0.296. The fourth-order valence-electron chi connectivity index (χ4n) is 5.34. The van der Waals surface area contributed by atoms with Crippen molar-refractivity contribution < 1.29 is 31.3 Å². The van der Waals surface area contributed by atoms with Gasteiger partial charge in [0.1, 0.15) is 0 Å². The smallest absolute Gasteiger partial charge is 0.872 e. The summed E-state index contributed by atoms with van der Waals surface area (Å²) in [7, 11) is 0. The van der Waals surface area contributed by atoms with Crippen molar-refractivity contribution in [2.75, 3.05) is 0 Å². The molecule has 0 aliphatic heterocycles. The van der Waals surface area contributed by atoms with E-state index < -0.39 is 0 Å². The summed E-state index contributed by atoms with van der Waals surface area (Å²) in [5, 5.41) is 19.3. The first-order chi connectivity index (χ1) is 24.3. The minimum Gasteiger partial charge on any atom is -0.872 e. The molecule has 0 amide bonds. The summed E-state index contributed by atoms with van der Waals surface area (Å²) >= 11 is 1.70. The first kappa shape index (κ1) is 42.3. The summed E-state index contributed by atoms with van der Waals surface area (Å²) in [6.45, 7) is 20.4. The van der Waals surface area contributed by atoms with Crippen LogP contribution in [-0.4, -0.2) is 0 Å². The molecular formula is C48H51NOSZr. The van der Waals surface area contributed by atoms with E-state index in [2.05, 4.69) is 128 Å². The maximum Gasteiger partial charge on any atom is 4.00 e. The molecule has 6 aromatic rings. The van der Waals surface area contributed by atoms with Gasteiger partial charge in [0.2, 0.25) is 0 Å². The van der Waals surface area contributed by atoms with Gasteiger partial charge in [-0.3, -0.25) is 0 Å². The van der Waals surface area contributed by atoms with Crippen molar-refractivity contribution in [3.63, 3.8) is 0 Å². The van der Waals surface area contributed by atoms with E-state index >= 15 is 0 Å². The third-order valence-electron chi connectivity index (χ3n) is 8.24. The van der Waals surface area contributed by atoms with Crippen LogP contribution >= 0.6 is 11.8 Å². The van der Waals surface area contributed by atoms with Crippen molar-refractivity contribution in [2.45, 2.75) is 74.6 Å². The van der Waals surface area contributed by atoms with E-state index in [9.17, 15) is 5.11 Å². The van der Waals surface area contributed by atoms with Crippen LogP contribution < -0.4 is 5.11 Å². The van der Waals surface area contributed by atoms with Crippen LogP contribution in [0.15, 0.2) is 168 Å². The molecule has 264 valence electrons. The van der Waals surface area contributed by atoms with Gasteiger partial charge in [-0.1, -0.05) is 156 Å². The number of hydrogen-bond acceptors (Lipinski definition) is 2. The topological polar surface area (TPSA) is 37.2 Å². The molecule has 6 aromatic carbocycles. The third kappa shape index (κ3) is 13.5. The molecule has 0 aromatic heterocycles. The largest absolute Gasteiger partial charge is 4.00 e. The van der Waals surface area contributed by atoms with Gasteiger partial charge in [0.05, 0.1) is 0 Å². The molecule has 0 fully saturated rings. The van der Waals surface area contributed by atoms with E-state index in [4.69, 9.17) is 5.32 Å². The Bertz CT molecular complexity index is 1860. The molecule has 2 nitrogen and oxygen atoms in total. The Morgan fingerprint density at radius 3 is 1.52 bits per heavy atom. The standard InChI is InChI=1S/C34H38NOS.2C7H7.Zr/c1-33(2,3)25-22-27(32(36)28(23-25)34(4,5)6)30(21-24-15-9-7-10-16-24)35-29-19-13-14-20-31(29)37-26-17-11-8-12-18-26;2*1-7-5-3-2-4-6-7;/h7-20,22-23,30,36H,21H2,1-6H3;2*2-6H,1H2;/q3*-1;+4/p-1. The van der Waals surface area contributed by atoms with Crippen LogP contribution in [0.4, 0.5) is 5.69 Å². The van der Waals surface area contributed by atoms with Crippen molar-refractivity contribution in [1.29, 1.82) is 0 Å². The predicted octanol–water partition coefficient (Wildman–Crippen LogP) is 13.2. The van der Waals surface area contributed by atoms with Crippen LogP contribution in [0.1, 0.15) is 81.0 Å². The van der Waals surface area contributed by atoms with E-state index in [-0.39, 0.29) is 48.8 Å². The summed E-state index contributed by atoms with van der Waals surface area (Å²) in [6, 6.07) is 52.7. The molecule has 0 radical (unpaired) electrons. The van der Waals surface area contributed by atoms with Gasteiger partial charge in [-0.15, -0.1) is 35.7 Å². The second kappa shape index (κ2) is 20.2. The fourth-order valence-corrected chi connectivity index (χ4v) is 6.26. The van der Waals surface area contributed by atoms with Gasteiger partial charge in [-0.2, -0.15) is 49.2 Å². The second-order valence-corrected chi connectivity index (χ2v) is 15.7. The second-order valence-electron chi connectivity index (χ2n) is 14.6. The molecular weight excluding hydrogens is 730 g/mol. The molecule has 1 unspecified atom stereocenters. The Morgan fingerprint density at radius 2 is 1.06 bits per heavy atom. The molecule has 6 rings (SSSR count). The van der Waals surface area contributed by atoms with Crippen molar-refractivity contribution in [3.05, 3.63) is 210 Å². The van der Waals surface area contributed by atoms with E-state index in [1.807, 2.05) is 84.9 Å². The maximum atomic E-state index is 14.0. The van der Waals surface area contributed by atoms with Gasteiger partial charge >= 0.3 is 26.2 Å². The van der Waals surface area contributed by atoms with E-state index in [1.165, 1.54) is 16.0 Å². The van der Waals surface area contributed by atoms with E-state index in [1.54, 1.807) is 11.8 Å². The van der Waals surface area contributed by atoms with Gasteiger partial charge in [0, 0.05) is 4.90 Å². The quantitative estimate of drug-likeness (QED) is 0.151. The molecule has 0 N–H and O–H groups in total. The van der Waals surface area contributed by atoms with Gasteiger partial charge in [-0.25, -0.2) is 0 Å². The average Bonchev–Trinajstić information content (AvgIpc) is 3.10. The Hall–Kier alpha value is -4.11. The number of rotatable bonds is 7. The summed E-state index contributed by atoms with van der Waals surface area (Å²) in [4.78, 5) is 2.25. The summed E-state index contributed by atoms with van der Waals surface area (Å²) in [5.41, 5.74) is 6.69. The molecule has 0 saturated carbocycles. The Kier molecular flexibility index (Phi) is 16.4. The van der Waals surface area contributed by atoms with Crippen molar-refractivity contribution in [3.8, 4) is 5.75 Å². The third-order valence-corrected chi connectivity index (χ3v) is 9.31. The first-order valence-electron chi connectivity index (χ1n) is 17.5. The monoisotopic (exact) mass is 779 g/mol. The molecule has 0 spiro atoms. The van der Waals surface area contributed by atoms with Crippen molar-refractivity contribution in [2.24, 2.45) is 0 Å². The molecule has 0 aliphatic carbocycles. The number of benzene rings is 6. The fraction of sp³-hybridized carbons (Fsp3) is 0.208. The minimum absolute atomic E-state index is 0. The van der Waals surface area contributed by atoms with Crippen LogP contribution in [-0.2, 0) is 43.5 Å². The van der Waals surface area contributed by atoms with Gasteiger partial charge in [-0.05, 0) is 57.0 Å². The van der Waals surface area contributed by atoms with Crippen molar-refractivity contribution >= 4 is 17.4 Å². The molecule has 0 saturated heterocycles. The molecule has 52 heavy (non-hydrogen) atoms. The van der Waals surface area contributed by atoms with Gasteiger partial charge in [0.25, 0.3) is 0 Å². The number of hydrogen-bond donors (Lipinski definition) is 0. The first-order valence-corrected chi connectivity index (χ1v) is 18.3. The van der Waals surface area contributed by atoms with Crippen LogP contribution in [0.3, 0.4) is 0 Å². The predicted molar refractivity (Wildman–Crippen MR) is 218 cm³/mol. The maximum absolute atomic E-state index is 14.0. The normalized spacial score (nSPS) is 11.4. The molecule has 0 bridgehead atoms. The zero-order valence-corrected chi connectivity index (χ0v) is 34.7. The zero-order valence-electron chi connectivity index (χ0n) is 31.5. The Balaban J connectivity index is 0.000000402. The van der Waals surface area contributed by atoms with E-state index in [0.717, 1.165) is 32.8 Å². The van der Waals surface area contributed by atoms with Crippen LogP contribution in [0.5, 0.6) is 5.75 Å². The zero-order chi connectivity index (χ0) is 36.9. The Labute approximate surface area is 337 Å². The van der Waals surface area contributed by atoms with E-state index in [0.29, 0.717) is 6.42 Å². The summed E-state index contributed by atoms with van der Waals surface area (Å²) in [5.74, 6) is 0.110. The summed E-state index contributed by atoms with van der Waals surface area (Å²) < 4.78 is 0. The SMILES string of the molecule is CC(C)(C)c1cc(C(Cc2ccccc2)[N-]c2ccccc2Sc2ccccc2)c([O-])c(C(C)(C)C)c1.[CH2-]c1ccccc1.[CH2-]c1ccccc1.[Zr+4]. The number of nitrogens with zero attached hydrogens (tertiary/aromatic N) is 1. The molecule has 0 heterocycles. The Morgan fingerprint density at radius 1 is 0.596 bits per heavy atom. The van der Waals surface area contributed by atoms with Crippen molar-refractivity contribution in [1.82, 2.24) is 0 Å². The number of para-hydroxylation sites is 1. The molecule has 1 atom stereocenters. The molecule has 0 aliphatic rings. The van der Waals surface area contributed by atoms with Crippen LogP contribution in [0.2, 0.25) is 0 Å². The van der Waals surface area contributed by atoms with Gasteiger partial charge in [0.15, 0.2) is 0 Å². The average molecular weight is 781 g/mol.